The summed E-state index contributed by atoms with van der Waals surface area (Å²) >= 11 is 0. The fraction of sp³-hybridized carbons (Fsp3) is 0.462. The molecule has 1 atom stereocenters. The van der Waals surface area contributed by atoms with Gasteiger partial charge in [0.1, 0.15) is 18.8 Å². The normalized spacial score (nSPS) is 13.1. The molecule has 0 bridgehead atoms. The zero-order valence-corrected chi connectivity index (χ0v) is 11.2. The first-order chi connectivity index (χ1) is 8.59. The molecule has 2 heterocycles. The number of anilines is 1. The topological polar surface area (TPSA) is 57.0 Å². The van der Waals surface area contributed by atoms with Crippen LogP contribution < -0.4 is 15.4 Å². The Morgan fingerprint density at radius 2 is 2.22 bits per heavy atom. The van der Waals surface area contributed by atoms with Gasteiger partial charge in [0.05, 0.1) is 18.6 Å². The van der Waals surface area contributed by atoms with E-state index in [1.165, 1.54) is 4.90 Å². The van der Waals surface area contributed by atoms with Crippen molar-refractivity contribution < 1.29 is 9.64 Å². The van der Waals surface area contributed by atoms with Gasteiger partial charge in [-0.15, -0.1) is 5.10 Å². The maximum Gasteiger partial charge on any atom is 0.257 e. The van der Waals surface area contributed by atoms with Crippen molar-refractivity contribution in [3.05, 3.63) is 24.4 Å². The van der Waals surface area contributed by atoms with Gasteiger partial charge in [-0.25, -0.2) is 4.52 Å². The standard InChI is InChI=1S/C13H20N4O/c1-10(2)16(3)8-9-18-13-12(14)11-6-4-5-7-17(11)15-13/h4-7,10H,8-9,14H2,1-3H3/p+1. The van der Waals surface area contributed by atoms with Crippen molar-refractivity contribution >= 4 is 11.2 Å². The number of hydrogen-bond donors (Lipinski definition) is 2. The lowest BCUT2D eigenvalue weighted by atomic mass is 10.3. The number of nitrogens with two attached hydrogens (primary N) is 1. The summed E-state index contributed by atoms with van der Waals surface area (Å²) in [5.74, 6) is 0.526. The molecule has 0 aliphatic carbocycles. The molecule has 0 aliphatic heterocycles. The number of ether oxygens (including phenoxy) is 1. The molecule has 5 nitrogen and oxygen atoms in total. The van der Waals surface area contributed by atoms with Crippen molar-refractivity contribution in [2.24, 2.45) is 0 Å². The van der Waals surface area contributed by atoms with Crippen LogP contribution in [0.3, 0.4) is 0 Å². The Labute approximate surface area is 107 Å². The highest BCUT2D eigenvalue weighted by Crippen LogP contribution is 2.24. The minimum Gasteiger partial charge on any atom is -0.469 e. The molecule has 0 aromatic carbocycles. The largest absolute Gasteiger partial charge is 0.469 e. The van der Waals surface area contributed by atoms with Crippen LogP contribution in [0.5, 0.6) is 5.88 Å². The monoisotopic (exact) mass is 249 g/mol. The SMILES string of the molecule is CC(C)[NH+](C)CCOc1nn2ccccc2c1N. The molecule has 3 N–H and O–H groups in total. The predicted molar refractivity (Wildman–Crippen MR) is 72.0 cm³/mol. The second kappa shape index (κ2) is 5.27. The van der Waals surface area contributed by atoms with Crippen LogP contribution in [0.25, 0.3) is 5.52 Å². The van der Waals surface area contributed by atoms with Gasteiger partial charge in [-0.2, -0.15) is 0 Å². The highest BCUT2D eigenvalue weighted by molar-refractivity contribution is 5.74. The van der Waals surface area contributed by atoms with Crippen LogP contribution in [0.4, 0.5) is 5.69 Å². The number of nitrogens with zero attached hydrogens (tertiary/aromatic N) is 2. The van der Waals surface area contributed by atoms with Gasteiger partial charge in [-0.1, -0.05) is 6.07 Å². The molecule has 18 heavy (non-hydrogen) atoms. The highest BCUT2D eigenvalue weighted by atomic mass is 16.5. The molecule has 2 rings (SSSR count). The zero-order valence-electron chi connectivity index (χ0n) is 11.2. The fourth-order valence-electron chi connectivity index (χ4n) is 1.70. The molecule has 2 aromatic heterocycles. The van der Waals surface area contributed by atoms with Crippen molar-refractivity contribution in [3.63, 3.8) is 0 Å². The quantitative estimate of drug-likeness (QED) is 0.797. The summed E-state index contributed by atoms with van der Waals surface area (Å²) in [4.78, 5) is 1.43. The van der Waals surface area contributed by atoms with Crippen molar-refractivity contribution in [2.45, 2.75) is 19.9 Å². The minimum absolute atomic E-state index is 0.526. The predicted octanol–water partition coefficient (Wildman–Crippen LogP) is 0.218. The van der Waals surface area contributed by atoms with E-state index in [-0.39, 0.29) is 0 Å². The Morgan fingerprint density at radius 1 is 1.44 bits per heavy atom. The molecule has 0 amide bonds. The Morgan fingerprint density at radius 3 is 2.89 bits per heavy atom. The number of likely N-dealkylation sites (N-methyl/N-ethyl adjacent to an activating group) is 1. The number of quaternary nitrogens is 1. The molecule has 0 aliphatic rings. The van der Waals surface area contributed by atoms with Crippen molar-refractivity contribution in [3.8, 4) is 5.88 Å². The smallest absolute Gasteiger partial charge is 0.257 e. The molecule has 5 heteroatoms. The first-order valence-corrected chi connectivity index (χ1v) is 6.27. The summed E-state index contributed by atoms with van der Waals surface area (Å²) in [6, 6.07) is 6.38. The number of pyridine rings is 1. The summed E-state index contributed by atoms with van der Waals surface area (Å²) < 4.78 is 7.40. The third-order valence-corrected chi connectivity index (χ3v) is 3.26. The molecule has 0 radical (unpaired) electrons. The van der Waals surface area contributed by atoms with Crippen LogP contribution in [-0.2, 0) is 0 Å². The number of aromatic nitrogens is 2. The number of rotatable bonds is 5. The zero-order chi connectivity index (χ0) is 13.1. The molecule has 98 valence electrons. The first-order valence-electron chi connectivity index (χ1n) is 6.27. The summed E-state index contributed by atoms with van der Waals surface area (Å²) in [5, 5.41) is 4.31. The lowest BCUT2D eigenvalue weighted by Gasteiger charge is -2.17. The average Bonchev–Trinajstić information content (AvgIpc) is 2.67. The molecule has 0 fully saturated rings. The van der Waals surface area contributed by atoms with Gasteiger partial charge in [0.2, 0.25) is 0 Å². The maximum absolute atomic E-state index is 6.00. The number of hydrogen-bond acceptors (Lipinski definition) is 3. The van der Waals surface area contributed by atoms with E-state index in [1.54, 1.807) is 4.52 Å². The fourth-order valence-corrected chi connectivity index (χ4v) is 1.70. The molecule has 0 saturated carbocycles. The molecular formula is C13H21N4O+. The van der Waals surface area contributed by atoms with Crippen molar-refractivity contribution in [1.29, 1.82) is 0 Å². The number of nitrogen functional groups attached to an aromatic ring is 1. The molecule has 1 unspecified atom stereocenters. The third kappa shape index (κ3) is 2.56. The van der Waals surface area contributed by atoms with E-state index < -0.39 is 0 Å². The molecule has 0 spiro atoms. The van der Waals surface area contributed by atoms with Crippen molar-refractivity contribution in [1.82, 2.24) is 9.61 Å². The number of fused-ring (bicyclic) bond motifs is 1. The summed E-state index contributed by atoms with van der Waals surface area (Å²) in [5.41, 5.74) is 7.50. The second-order valence-electron chi connectivity index (χ2n) is 4.85. The Kier molecular flexibility index (Phi) is 3.72. The van der Waals surface area contributed by atoms with Crippen LogP contribution in [-0.4, -0.2) is 35.9 Å². The van der Waals surface area contributed by atoms with Crippen LogP contribution in [0.2, 0.25) is 0 Å². The van der Waals surface area contributed by atoms with Gasteiger partial charge < -0.3 is 15.4 Å². The Balaban J connectivity index is 2.02. The Hall–Kier alpha value is -1.75. The average molecular weight is 249 g/mol. The van der Waals surface area contributed by atoms with E-state index in [4.69, 9.17) is 10.5 Å². The lowest BCUT2D eigenvalue weighted by Crippen LogP contribution is -3.12. The minimum atomic E-state index is 0.526. The van der Waals surface area contributed by atoms with Gasteiger partial charge in [0.25, 0.3) is 5.88 Å². The van der Waals surface area contributed by atoms with E-state index in [1.807, 2.05) is 24.4 Å². The number of nitrogens with one attached hydrogen (secondary N) is 1. The van der Waals surface area contributed by atoms with E-state index in [9.17, 15) is 0 Å². The van der Waals surface area contributed by atoms with Gasteiger partial charge in [0.15, 0.2) is 0 Å². The van der Waals surface area contributed by atoms with Gasteiger partial charge in [-0.05, 0) is 26.0 Å². The van der Waals surface area contributed by atoms with Gasteiger partial charge in [-0.3, -0.25) is 0 Å². The molecule has 2 aromatic rings. The van der Waals surface area contributed by atoms with Crippen LogP contribution >= 0.6 is 0 Å². The van der Waals surface area contributed by atoms with Crippen LogP contribution in [0, 0.1) is 0 Å². The van der Waals surface area contributed by atoms with E-state index >= 15 is 0 Å². The third-order valence-electron chi connectivity index (χ3n) is 3.26. The summed E-state index contributed by atoms with van der Waals surface area (Å²) in [6.45, 7) is 5.94. The Bertz CT molecular complexity index is 521. The van der Waals surface area contributed by atoms with Gasteiger partial charge >= 0.3 is 0 Å². The highest BCUT2D eigenvalue weighted by Gasteiger charge is 2.12. The van der Waals surface area contributed by atoms with Crippen molar-refractivity contribution in [2.75, 3.05) is 25.9 Å². The molecule has 0 saturated heterocycles. The molecular weight excluding hydrogens is 228 g/mol. The van der Waals surface area contributed by atoms with E-state index in [0.29, 0.717) is 24.2 Å². The van der Waals surface area contributed by atoms with E-state index in [0.717, 1.165) is 12.1 Å². The lowest BCUT2D eigenvalue weighted by molar-refractivity contribution is -0.901. The van der Waals surface area contributed by atoms with Crippen LogP contribution in [0.15, 0.2) is 24.4 Å². The van der Waals surface area contributed by atoms with E-state index in [2.05, 4.69) is 26.0 Å². The van der Waals surface area contributed by atoms with Crippen LogP contribution in [0.1, 0.15) is 13.8 Å². The maximum atomic E-state index is 6.00. The van der Waals surface area contributed by atoms with Gasteiger partial charge in [0, 0.05) is 6.20 Å². The summed E-state index contributed by atoms with van der Waals surface area (Å²) in [6.07, 6.45) is 1.87. The first kappa shape index (κ1) is 12.7. The second-order valence-corrected chi connectivity index (χ2v) is 4.85. The summed E-state index contributed by atoms with van der Waals surface area (Å²) in [7, 11) is 2.15.